The summed E-state index contributed by atoms with van der Waals surface area (Å²) < 4.78 is 13.0. The number of hydrogen-bond donors (Lipinski definition) is 1. The van der Waals surface area contributed by atoms with Crippen LogP contribution in [0.5, 0.6) is 0 Å². The second kappa shape index (κ2) is 5.22. The molecule has 0 unspecified atom stereocenters. The molecular weight excluding hydrogens is 285 g/mol. The molecule has 1 aromatic heterocycles. The Morgan fingerprint density at radius 1 is 1.23 bits per heavy atom. The predicted octanol–water partition coefficient (Wildman–Crippen LogP) is 3.82. The van der Waals surface area contributed by atoms with E-state index in [1.807, 2.05) is 0 Å². The summed E-state index contributed by atoms with van der Waals surface area (Å²) >= 11 is 0. The van der Waals surface area contributed by atoms with E-state index < -0.39 is 0 Å². The highest BCUT2D eigenvalue weighted by molar-refractivity contribution is 5.90. The van der Waals surface area contributed by atoms with E-state index in [9.17, 15) is 14.5 Å². The molecule has 112 valence electrons. The Morgan fingerprint density at radius 3 is 2.55 bits per heavy atom. The third-order valence-corrected chi connectivity index (χ3v) is 3.98. The van der Waals surface area contributed by atoms with E-state index in [1.165, 1.54) is 12.1 Å². The molecule has 3 rings (SSSR count). The Kier molecular flexibility index (Phi) is 3.36. The molecule has 0 amide bonds. The highest BCUT2D eigenvalue weighted by atomic mass is 19.1. The van der Waals surface area contributed by atoms with Gasteiger partial charge in [0.15, 0.2) is 0 Å². The van der Waals surface area contributed by atoms with Crippen molar-refractivity contribution < 1.29 is 9.31 Å². The first-order valence-corrected chi connectivity index (χ1v) is 6.83. The Balaban J connectivity index is 2.21. The van der Waals surface area contributed by atoms with Gasteiger partial charge in [-0.15, -0.1) is 0 Å². The number of aromatic amines is 1. The van der Waals surface area contributed by atoms with Crippen molar-refractivity contribution in [2.45, 2.75) is 20.3 Å². The predicted molar refractivity (Wildman–Crippen MR) is 81.4 cm³/mol. The summed E-state index contributed by atoms with van der Waals surface area (Å²) in [6.07, 6.45) is 2.08. The molecule has 5 nitrogen and oxygen atoms in total. The zero-order chi connectivity index (χ0) is 15.9. The Hall–Kier alpha value is -2.76. The zero-order valence-corrected chi connectivity index (χ0v) is 12.2. The van der Waals surface area contributed by atoms with Gasteiger partial charge in [0.05, 0.1) is 16.6 Å². The number of nitro groups is 1. The molecule has 3 aromatic rings. The van der Waals surface area contributed by atoms with Crippen LogP contribution in [-0.4, -0.2) is 15.1 Å². The number of fused-ring (bicyclic) bond motifs is 1. The van der Waals surface area contributed by atoms with Crippen LogP contribution in [0.1, 0.15) is 22.3 Å². The van der Waals surface area contributed by atoms with Gasteiger partial charge >= 0.3 is 0 Å². The van der Waals surface area contributed by atoms with Crippen LogP contribution in [0, 0.1) is 29.8 Å². The van der Waals surface area contributed by atoms with E-state index in [4.69, 9.17) is 0 Å². The van der Waals surface area contributed by atoms with E-state index >= 15 is 0 Å². The lowest BCUT2D eigenvalue weighted by molar-refractivity contribution is -0.385. The average Bonchev–Trinajstić information content (AvgIpc) is 2.95. The molecule has 1 N–H and O–H groups in total. The number of aryl methyl sites for hydroxylation is 1. The fourth-order valence-electron chi connectivity index (χ4n) is 2.84. The average molecular weight is 299 g/mol. The molecule has 0 aliphatic rings. The topological polar surface area (TPSA) is 71.8 Å². The highest BCUT2D eigenvalue weighted by Gasteiger charge is 2.23. The molecule has 1 heterocycles. The largest absolute Gasteiger partial charge is 0.278 e. The third kappa shape index (κ3) is 2.22. The lowest BCUT2D eigenvalue weighted by Gasteiger charge is -2.11. The summed E-state index contributed by atoms with van der Waals surface area (Å²) in [6.45, 7) is 3.47. The van der Waals surface area contributed by atoms with Crippen molar-refractivity contribution in [3.05, 3.63) is 68.6 Å². The number of nitrogens with zero attached hydrogens (tertiary/aromatic N) is 2. The smallest absolute Gasteiger partial charge is 0.276 e. The first kappa shape index (κ1) is 14.2. The molecule has 0 aliphatic heterocycles. The van der Waals surface area contributed by atoms with Crippen molar-refractivity contribution >= 4 is 16.6 Å². The number of nitrogens with one attached hydrogen (secondary N) is 1. The molecular formula is C16H14FN3O2. The van der Waals surface area contributed by atoms with Crippen LogP contribution in [0.4, 0.5) is 10.1 Å². The maximum Gasteiger partial charge on any atom is 0.276 e. The number of aromatic nitrogens is 2. The lowest BCUT2D eigenvalue weighted by atomic mass is 9.94. The standard InChI is InChI=1S/C16H14FN3O2/c1-9-13(7-11-3-5-12(17)6-4-11)15-14(8-18-19-15)10(2)16(9)20(21)22/h3-6,8H,7H2,1-2H3,(H,18,19). The van der Waals surface area contributed by atoms with E-state index in [0.29, 0.717) is 17.5 Å². The summed E-state index contributed by atoms with van der Waals surface area (Å²) in [5.41, 5.74) is 3.84. The van der Waals surface area contributed by atoms with E-state index in [0.717, 1.165) is 22.0 Å². The van der Waals surface area contributed by atoms with E-state index in [-0.39, 0.29) is 16.4 Å². The fourth-order valence-corrected chi connectivity index (χ4v) is 2.84. The monoisotopic (exact) mass is 299 g/mol. The van der Waals surface area contributed by atoms with Crippen LogP contribution in [0.3, 0.4) is 0 Å². The van der Waals surface area contributed by atoms with Gasteiger partial charge in [0.2, 0.25) is 0 Å². The summed E-state index contributed by atoms with van der Waals surface area (Å²) in [5, 5.41) is 19.1. The van der Waals surface area contributed by atoms with Gasteiger partial charge in [-0.1, -0.05) is 12.1 Å². The first-order valence-electron chi connectivity index (χ1n) is 6.83. The SMILES string of the molecule is Cc1c([N+](=O)[O-])c(C)c2cn[nH]c2c1Cc1ccc(F)cc1. The summed E-state index contributed by atoms with van der Waals surface area (Å²) in [7, 11) is 0. The van der Waals surface area contributed by atoms with Gasteiger partial charge in [0, 0.05) is 22.9 Å². The van der Waals surface area contributed by atoms with Crippen LogP contribution in [0.2, 0.25) is 0 Å². The minimum Gasteiger partial charge on any atom is -0.278 e. The van der Waals surface area contributed by atoms with Gasteiger partial charge in [-0.05, 0) is 37.1 Å². The van der Waals surface area contributed by atoms with E-state index in [1.54, 1.807) is 32.2 Å². The molecule has 0 aliphatic carbocycles. The van der Waals surface area contributed by atoms with Crippen molar-refractivity contribution in [2.75, 3.05) is 0 Å². The summed E-state index contributed by atoms with van der Waals surface area (Å²) in [6, 6.07) is 6.14. The Labute approximate surface area is 125 Å². The van der Waals surface area contributed by atoms with Crippen molar-refractivity contribution in [1.29, 1.82) is 0 Å². The quantitative estimate of drug-likeness (QED) is 0.590. The highest BCUT2D eigenvalue weighted by Crippen LogP contribution is 2.34. The van der Waals surface area contributed by atoms with Gasteiger partial charge in [-0.3, -0.25) is 15.2 Å². The minimum atomic E-state index is -0.356. The van der Waals surface area contributed by atoms with Gasteiger partial charge in [0.1, 0.15) is 5.82 Å². The number of halogens is 1. The number of benzene rings is 2. The van der Waals surface area contributed by atoms with Crippen molar-refractivity contribution in [3.8, 4) is 0 Å². The van der Waals surface area contributed by atoms with Crippen molar-refractivity contribution in [1.82, 2.24) is 10.2 Å². The molecule has 0 spiro atoms. The molecule has 0 saturated carbocycles. The summed E-state index contributed by atoms with van der Waals surface area (Å²) in [4.78, 5) is 11.0. The first-order chi connectivity index (χ1) is 10.5. The molecule has 0 atom stereocenters. The number of rotatable bonds is 3. The number of H-pyrrole nitrogens is 1. The minimum absolute atomic E-state index is 0.117. The second-order valence-corrected chi connectivity index (χ2v) is 5.30. The molecule has 6 heteroatoms. The lowest BCUT2D eigenvalue weighted by Crippen LogP contribution is -2.02. The maximum atomic E-state index is 13.0. The van der Waals surface area contributed by atoms with Crippen LogP contribution >= 0.6 is 0 Å². The van der Waals surface area contributed by atoms with Gasteiger partial charge in [0.25, 0.3) is 5.69 Å². The molecule has 0 radical (unpaired) electrons. The van der Waals surface area contributed by atoms with Crippen LogP contribution in [0.25, 0.3) is 10.9 Å². The van der Waals surface area contributed by atoms with Crippen LogP contribution in [-0.2, 0) is 6.42 Å². The fraction of sp³-hybridized carbons (Fsp3) is 0.188. The van der Waals surface area contributed by atoms with E-state index in [2.05, 4.69) is 10.2 Å². The summed E-state index contributed by atoms with van der Waals surface area (Å²) in [5.74, 6) is -0.304. The normalized spacial score (nSPS) is 11.0. The van der Waals surface area contributed by atoms with Crippen molar-refractivity contribution in [2.24, 2.45) is 0 Å². The molecule has 22 heavy (non-hydrogen) atoms. The Morgan fingerprint density at radius 2 is 1.91 bits per heavy atom. The Bertz CT molecular complexity index is 869. The van der Waals surface area contributed by atoms with Gasteiger partial charge in [-0.25, -0.2) is 4.39 Å². The van der Waals surface area contributed by atoms with Gasteiger partial charge < -0.3 is 0 Å². The zero-order valence-electron chi connectivity index (χ0n) is 12.2. The maximum absolute atomic E-state index is 13.0. The van der Waals surface area contributed by atoms with Crippen molar-refractivity contribution in [3.63, 3.8) is 0 Å². The van der Waals surface area contributed by atoms with Crippen LogP contribution in [0.15, 0.2) is 30.5 Å². The molecule has 0 bridgehead atoms. The third-order valence-electron chi connectivity index (χ3n) is 3.98. The molecule has 2 aromatic carbocycles. The number of nitro benzene ring substituents is 1. The molecule has 0 saturated heterocycles. The molecule has 0 fully saturated rings. The van der Waals surface area contributed by atoms with Crippen LogP contribution < -0.4 is 0 Å². The second-order valence-electron chi connectivity index (χ2n) is 5.30. The number of hydrogen-bond acceptors (Lipinski definition) is 3. The van der Waals surface area contributed by atoms with Gasteiger partial charge in [-0.2, -0.15) is 5.10 Å².